The van der Waals surface area contributed by atoms with Gasteiger partial charge >= 0.3 is 0 Å². The molecular formula is C11H22N2S2. The molecule has 0 atom stereocenters. The van der Waals surface area contributed by atoms with Crippen LogP contribution in [0.1, 0.15) is 33.1 Å². The molecule has 1 heterocycles. The normalized spacial score (nSPS) is 22.3. The van der Waals surface area contributed by atoms with E-state index in [2.05, 4.69) is 30.5 Å². The quantitative estimate of drug-likeness (QED) is 0.771. The number of nitrogens with two attached hydrogens (primary N) is 1. The average molecular weight is 246 g/mol. The molecule has 0 spiro atoms. The largest absolute Gasteiger partial charge is 0.393 e. The third-order valence-electron chi connectivity index (χ3n) is 2.83. The van der Waals surface area contributed by atoms with Gasteiger partial charge in [0, 0.05) is 17.0 Å². The number of hydrogen-bond donors (Lipinski definition) is 1. The van der Waals surface area contributed by atoms with Crippen LogP contribution in [-0.4, -0.2) is 40.0 Å². The van der Waals surface area contributed by atoms with E-state index in [1.54, 1.807) is 0 Å². The summed E-state index contributed by atoms with van der Waals surface area (Å²) in [5.41, 5.74) is 5.49. The summed E-state index contributed by atoms with van der Waals surface area (Å²) < 4.78 is 0.456. The number of thioether (sulfide) groups is 1. The molecule has 0 aliphatic carbocycles. The Hall–Kier alpha value is 0.200. The summed E-state index contributed by atoms with van der Waals surface area (Å²) in [5, 5.41) is 0. The van der Waals surface area contributed by atoms with E-state index >= 15 is 0 Å². The molecule has 0 radical (unpaired) electrons. The zero-order valence-electron chi connectivity index (χ0n) is 9.79. The minimum atomic E-state index is 0.456. The van der Waals surface area contributed by atoms with Crippen molar-refractivity contribution in [2.75, 3.05) is 25.4 Å². The summed E-state index contributed by atoms with van der Waals surface area (Å²) in [6, 6.07) is 0. The lowest BCUT2D eigenvalue weighted by Gasteiger charge is -2.22. The van der Waals surface area contributed by atoms with Crippen LogP contribution in [0.25, 0.3) is 0 Å². The second-order valence-electron chi connectivity index (χ2n) is 4.77. The second kappa shape index (κ2) is 6.06. The fourth-order valence-corrected chi connectivity index (χ4v) is 3.04. The van der Waals surface area contributed by atoms with E-state index in [1.165, 1.54) is 25.3 Å². The molecule has 1 fully saturated rings. The molecule has 0 aromatic rings. The van der Waals surface area contributed by atoms with Crippen molar-refractivity contribution in [3.63, 3.8) is 0 Å². The zero-order valence-corrected chi connectivity index (χ0v) is 11.4. The van der Waals surface area contributed by atoms with Gasteiger partial charge in [0.25, 0.3) is 0 Å². The molecule has 88 valence electrons. The predicted molar refractivity (Wildman–Crippen MR) is 73.6 cm³/mol. The molecule has 0 saturated carbocycles. The summed E-state index contributed by atoms with van der Waals surface area (Å²) in [6.07, 6.45) is 3.29. The van der Waals surface area contributed by atoms with Gasteiger partial charge in [0.15, 0.2) is 0 Å². The maximum Gasteiger partial charge on any atom is 0.0727 e. The Morgan fingerprint density at radius 2 is 2.20 bits per heavy atom. The predicted octanol–water partition coefficient (Wildman–Crippen LogP) is 2.27. The van der Waals surface area contributed by atoms with Crippen LogP contribution in [0.3, 0.4) is 0 Å². The molecular weight excluding hydrogens is 224 g/mol. The van der Waals surface area contributed by atoms with E-state index in [-0.39, 0.29) is 0 Å². The second-order valence-corrected chi connectivity index (χ2v) is 7.10. The highest BCUT2D eigenvalue weighted by atomic mass is 32.2. The smallest absolute Gasteiger partial charge is 0.0727 e. The van der Waals surface area contributed by atoms with Crippen molar-refractivity contribution in [2.24, 2.45) is 5.73 Å². The van der Waals surface area contributed by atoms with Gasteiger partial charge in [-0.15, -0.1) is 0 Å². The third-order valence-corrected chi connectivity index (χ3v) is 4.40. The maximum absolute atomic E-state index is 5.49. The lowest BCUT2D eigenvalue weighted by Crippen LogP contribution is -2.28. The van der Waals surface area contributed by atoms with E-state index in [0.29, 0.717) is 9.74 Å². The van der Waals surface area contributed by atoms with Gasteiger partial charge in [-0.25, -0.2) is 0 Å². The first-order chi connectivity index (χ1) is 6.99. The van der Waals surface area contributed by atoms with Crippen molar-refractivity contribution in [1.82, 2.24) is 4.90 Å². The molecule has 0 bridgehead atoms. The van der Waals surface area contributed by atoms with Gasteiger partial charge < -0.3 is 10.6 Å². The molecule has 15 heavy (non-hydrogen) atoms. The lowest BCUT2D eigenvalue weighted by atomic mass is 10.1. The van der Waals surface area contributed by atoms with Crippen LogP contribution in [0.4, 0.5) is 0 Å². The van der Waals surface area contributed by atoms with E-state index in [9.17, 15) is 0 Å². The van der Waals surface area contributed by atoms with Crippen LogP contribution in [0.2, 0.25) is 0 Å². The molecule has 2 N–H and O–H groups in total. The first-order valence-corrected chi connectivity index (χ1v) is 7.04. The Kier molecular flexibility index (Phi) is 5.36. The average Bonchev–Trinajstić information content (AvgIpc) is 2.27. The molecule has 0 aromatic heterocycles. The van der Waals surface area contributed by atoms with Crippen LogP contribution in [0.5, 0.6) is 0 Å². The van der Waals surface area contributed by atoms with Crippen LogP contribution in [-0.2, 0) is 0 Å². The van der Waals surface area contributed by atoms with Crippen LogP contribution in [0, 0.1) is 0 Å². The summed E-state index contributed by atoms with van der Waals surface area (Å²) in [5.74, 6) is 1.25. The zero-order chi connectivity index (χ0) is 11.3. The molecule has 1 aliphatic rings. The summed E-state index contributed by atoms with van der Waals surface area (Å²) in [6.45, 7) is 8.27. The Balaban J connectivity index is 2.23. The molecule has 1 aliphatic heterocycles. The van der Waals surface area contributed by atoms with Crippen molar-refractivity contribution in [3.05, 3.63) is 0 Å². The van der Waals surface area contributed by atoms with E-state index in [1.807, 2.05) is 0 Å². The molecule has 0 amide bonds. The van der Waals surface area contributed by atoms with Gasteiger partial charge in [-0.3, -0.25) is 0 Å². The van der Waals surface area contributed by atoms with Crippen LogP contribution >= 0.6 is 24.0 Å². The maximum atomic E-state index is 5.49. The SMILES string of the molecule is CC1(C)CCN(CCCC(N)=S)CCS1. The van der Waals surface area contributed by atoms with Crippen molar-refractivity contribution in [2.45, 2.75) is 37.9 Å². The number of hydrogen-bond acceptors (Lipinski definition) is 3. The van der Waals surface area contributed by atoms with Gasteiger partial charge in [-0.05, 0) is 32.4 Å². The minimum absolute atomic E-state index is 0.456. The standard InChI is InChI=1S/C11H22N2S2/c1-11(2)5-7-13(8-9-15-11)6-3-4-10(12)14/h3-9H2,1-2H3,(H2,12,14). The Labute approximate surface area is 103 Å². The van der Waals surface area contributed by atoms with Gasteiger partial charge in [0.2, 0.25) is 0 Å². The van der Waals surface area contributed by atoms with Crippen molar-refractivity contribution in [1.29, 1.82) is 0 Å². The fraction of sp³-hybridized carbons (Fsp3) is 0.909. The van der Waals surface area contributed by atoms with Crippen LogP contribution in [0.15, 0.2) is 0 Å². The van der Waals surface area contributed by atoms with E-state index in [0.717, 1.165) is 19.4 Å². The molecule has 0 unspecified atom stereocenters. The topological polar surface area (TPSA) is 29.3 Å². The van der Waals surface area contributed by atoms with Gasteiger partial charge in [-0.1, -0.05) is 26.1 Å². The molecule has 2 nitrogen and oxygen atoms in total. The minimum Gasteiger partial charge on any atom is -0.393 e. The van der Waals surface area contributed by atoms with Crippen molar-refractivity contribution >= 4 is 29.0 Å². The van der Waals surface area contributed by atoms with Gasteiger partial charge in [0.1, 0.15) is 0 Å². The first-order valence-electron chi connectivity index (χ1n) is 5.64. The van der Waals surface area contributed by atoms with E-state index < -0.39 is 0 Å². The Morgan fingerprint density at radius 3 is 2.87 bits per heavy atom. The number of thiocarbonyl (C=S) groups is 1. The van der Waals surface area contributed by atoms with E-state index in [4.69, 9.17) is 18.0 Å². The van der Waals surface area contributed by atoms with Gasteiger partial charge in [-0.2, -0.15) is 11.8 Å². The van der Waals surface area contributed by atoms with Crippen molar-refractivity contribution in [3.8, 4) is 0 Å². The fourth-order valence-electron chi connectivity index (χ4n) is 1.76. The summed E-state index contributed by atoms with van der Waals surface area (Å²) in [7, 11) is 0. The third kappa shape index (κ3) is 5.73. The monoisotopic (exact) mass is 246 g/mol. The van der Waals surface area contributed by atoms with Crippen molar-refractivity contribution < 1.29 is 0 Å². The molecule has 4 heteroatoms. The highest BCUT2D eigenvalue weighted by Gasteiger charge is 2.23. The molecule has 0 aromatic carbocycles. The molecule has 1 saturated heterocycles. The lowest BCUT2D eigenvalue weighted by molar-refractivity contribution is 0.282. The summed E-state index contributed by atoms with van der Waals surface area (Å²) in [4.78, 5) is 3.19. The number of nitrogens with zero attached hydrogens (tertiary/aromatic N) is 1. The number of rotatable bonds is 4. The van der Waals surface area contributed by atoms with Gasteiger partial charge in [0.05, 0.1) is 4.99 Å². The van der Waals surface area contributed by atoms with Crippen LogP contribution < -0.4 is 5.73 Å². The Morgan fingerprint density at radius 1 is 1.47 bits per heavy atom. The highest BCUT2D eigenvalue weighted by molar-refractivity contribution is 8.00. The summed E-state index contributed by atoms with van der Waals surface area (Å²) >= 11 is 6.97. The molecule has 1 rings (SSSR count). The Bertz CT molecular complexity index is 217. The highest BCUT2D eigenvalue weighted by Crippen LogP contribution is 2.30. The first kappa shape index (κ1) is 13.3.